The minimum absolute atomic E-state index is 0.391. The first-order valence-electron chi connectivity index (χ1n) is 4.81. The number of fused-ring (bicyclic) bond motifs is 1. The first-order valence-corrected chi connectivity index (χ1v) is 5.18. The van der Waals surface area contributed by atoms with Crippen molar-refractivity contribution >= 4 is 34.3 Å². The number of halogens is 1. The number of benzene rings is 1. The number of ether oxygens (including phenoxy) is 1. The highest BCUT2D eigenvalue weighted by Crippen LogP contribution is 2.24. The molecule has 0 aliphatic carbocycles. The Labute approximate surface area is 103 Å². The van der Waals surface area contributed by atoms with Crippen LogP contribution in [0, 0.1) is 0 Å². The van der Waals surface area contributed by atoms with Gasteiger partial charge in [0.15, 0.2) is 5.82 Å². The van der Waals surface area contributed by atoms with Crippen molar-refractivity contribution in [3.8, 4) is 0 Å². The van der Waals surface area contributed by atoms with Gasteiger partial charge in [0.1, 0.15) is 0 Å². The van der Waals surface area contributed by atoms with Crippen LogP contribution in [0.3, 0.4) is 0 Å². The van der Waals surface area contributed by atoms with Gasteiger partial charge >= 0.3 is 5.97 Å². The first-order chi connectivity index (χ1) is 8.15. The van der Waals surface area contributed by atoms with Gasteiger partial charge in [-0.3, -0.25) is 0 Å². The van der Waals surface area contributed by atoms with E-state index in [1.54, 1.807) is 24.3 Å². The molecule has 0 spiro atoms. The fraction of sp³-hybridized carbons (Fsp3) is 0.0909. The zero-order chi connectivity index (χ0) is 12.4. The van der Waals surface area contributed by atoms with Crippen molar-refractivity contribution in [3.05, 3.63) is 34.9 Å². The average molecular weight is 252 g/mol. The molecule has 0 aliphatic heterocycles. The normalized spacial score (nSPS) is 10.3. The summed E-state index contributed by atoms with van der Waals surface area (Å²) >= 11 is 5.95. The second-order valence-corrected chi connectivity index (χ2v) is 3.77. The lowest BCUT2D eigenvalue weighted by Crippen LogP contribution is -2.09. The topological polar surface area (TPSA) is 77.2 Å². The Hall–Kier alpha value is -1.85. The van der Waals surface area contributed by atoms with Crippen LogP contribution in [0.25, 0.3) is 10.9 Å². The number of rotatable bonds is 2. The van der Waals surface area contributed by atoms with E-state index in [-0.39, 0.29) is 0 Å². The average Bonchev–Trinajstić information content (AvgIpc) is 2.36. The van der Waals surface area contributed by atoms with E-state index in [1.165, 1.54) is 7.11 Å². The number of nitrogens with one attached hydrogen (secondary N) is 1. The standard InChI is InChI=1S/C11H10ClN3O2/c1-17-11(16)6-2-3-9-7(4-6)5-8(12)10(14-9)15-13/h2-5H,13H2,1H3,(H,14,15). The number of esters is 1. The summed E-state index contributed by atoms with van der Waals surface area (Å²) in [6.45, 7) is 0. The van der Waals surface area contributed by atoms with E-state index in [2.05, 4.69) is 15.1 Å². The second-order valence-electron chi connectivity index (χ2n) is 3.36. The van der Waals surface area contributed by atoms with E-state index in [9.17, 15) is 4.79 Å². The number of nitrogens with two attached hydrogens (primary N) is 1. The molecule has 5 nitrogen and oxygen atoms in total. The third kappa shape index (κ3) is 2.15. The van der Waals surface area contributed by atoms with Gasteiger partial charge in [-0.25, -0.2) is 15.6 Å². The molecule has 88 valence electrons. The molecule has 3 N–H and O–H groups in total. The largest absolute Gasteiger partial charge is 0.465 e. The lowest BCUT2D eigenvalue weighted by Gasteiger charge is -2.06. The van der Waals surface area contributed by atoms with Crippen LogP contribution in [0.4, 0.5) is 5.82 Å². The van der Waals surface area contributed by atoms with E-state index >= 15 is 0 Å². The fourth-order valence-electron chi connectivity index (χ4n) is 1.50. The van der Waals surface area contributed by atoms with E-state index in [0.717, 1.165) is 5.39 Å². The van der Waals surface area contributed by atoms with E-state index < -0.39 is 5.97 Å². The number of hydrazine groups is 1. The molecule has 0 fully saturated rings. The number of carbonyl (C=O) groups is 1. The summed E-state index contributed by atoms with van der Waals surface area (Å²) in [4.78, 5) is 15.6. The predicted molar refractivity (Wildman–Crippen MR) is 65.9 cm³/mol. The summed E-state index contributed by atoms with van der Waals surface area (Å²) in [5.74, 6) is 5.26. The molecule has 0 saturated heterocycles. The first kappa shape index (κ1) is 11.6. The number of hydrogen-bond acceptors (Lipinski definition) is 5. The zero-order valence-electron chi connectivity index (χ0n) is 9.03. The van der Waals surface area contributed by atoms with Gasteiger partial charge in [-0.05, 0) is 24.3 Å². The molecule has 1 aromatic carbocycles. The molecule has 0 radical (unpaired) electrons. The second kappa shape index (κ2) is 4.57. The molecule has 0 aliphatic rings. The summed E-state index contributed by atoms with van der Waals surface area (Å²) in [6.07, 6.45) is 0. The minimum Gasteiger partial charge on any atom is -0.465 e. The van der Waals surface area contributed by atoms with Crippen LogP contribution in [0.2, 0.25) is 5.02 Å². The number of pyridine rings is 1. The SMILES string of the molecule is COC(=O)c1ccc2nc(NN)c(Cl)cc2c1. The highest BCUT2D eigenvalue weighted by atomic mass is 35.5. The van der Waals surface area contributed by atoms with Gasteiger partial charge in [-0.1, -0.05) is 11.6 Å². The van der Waals surface area contributed by atoms with Gasteiger partial charge in [-0.2, -0.15) is 0 Å². The third-order valence-corrected chi connectivity index (χ3v) is 2.61. The quantitative estimate of drug-likeness (QED) is 0.485. The summed E-state index contributed by atoms with van der Waals surface area (Å²) in [5.41, 5.74) is 3.54. The Morgan fingerprint density at radius 2 is 2.24 bits per heavy atom. The molecule has 17 heavy (non-hydrogen) atoms. The molecule has 1 heterocycles. The van der Waals surface area contributed by atoms with Gasteiger partial charge in [0.25, 0.3) is 0 Å². The smallest absolute Gasteiger partial charge is 0.337 e. The van der Waals surface area contributed by atoms with Gasteiger partial charge in [0.2, 0.25) is 0 Å². The molecule has 0 bridgehead atoms. The number of methoxy groups -OCH3 is 1. The lowest BCUT2D eigenvalue weighted by atomic mass is 10.1. The molecule has 2 aromatic rings. The van der Waals surface area contributed by atoms with Crippen molar-refractivity contribution in [2.45, 2.75) is 0 Å². The maximum absolute atomic E-state index is 11.4. The Morgan fingerprint density at radius 3 is 2.88 bits per heavy atom. The van der Waals surface area contributed by atoms with Crippen molar-refractivity contribution in [2.75, 3.05) is 12.5 Å². The zero-order valence-corrected chi connectivity index (χ0v) is 9.78. The van der Waals surface area contributed by atoms with Gasteiger partial charge < -0.3 is 10.2 Å². The Balaban J connectivity index is 2.59. The molecule has 2 rings (SSSR count). The summed E-state index contributed by atoms with van der Waals surface area (Å²) in [7, 11) is 1.33. The number of anilines is 1. The van der Waals surface area contributed by atoms with E-state index in [1.807, 2.05) is 0 Å². The van der Waals surface area contributed by atoms with Crippen LogP contribution >= 0.6 is 11.6 Å². The molecule has 0 unspecified atom stereocenters. The molecular formula is C11H10ClN3O2. The molecule has 0 atom stereocenters. The molecule has 1 aromatic heterocycles. The van der Waals surface area contributed by atoms with Crippen LogP contribution in [0.1, 0.15) is 10.4 Å². The maximum Gasteiger partial charge on any atom is 0.337 e. The van der Waals surface area contributed by atoms with Crippen LogP contribution in [0.15, 0.2) is 24.3 Å². The van der Waals surface area contributed by atoms with Crippen LogP contribution in [-0.4, -0.2) is 18.1 Å². The summed E-state index contributed by atoms with van der Waals surface area (Å²) in [5, 5.41) is 1.14. The van der Waals surface area contributed by atoms with Crippen LogP contribution in [0.5, 0.6) is 0 Å². The predicted octanol–water partition coefficient (Wildman–Crippen LogP) is 1.96. The number of carbonyl (C=O) groups excluding carboxylic acids is 1. The van der Waals surface area contributed by atoms with Gasteiger partial charge in [-0.15, -0.1) is 0 Å². The Morgan fingerprint density at radius 1 is 1.47 bits per heavy atom. The molecular weight excluding hydrogens is 242 g/mol. The Bertz CT molecular complexity index is 586. The van der Waals surface area contributed by atoms with Crippen LogP contribution in [-0.2, 0) is 4.74 Å². The lowest BCUT2D eigenvalue weighted by molar-refractivity contribution is 0.0601. The number of nitrogen functional groups attached to an aromatic ring is 1. The van der Waals surface area contributed by atoms with Crippen molar-refractivity contribution < 1.29 is 9.53 Å². The van der Waals surface area contributed by atoms with Gasteiger partial charge in [0, 0.05) is 5.39 Å². The summed E-state index contributed by atoms with van der Waals surface area (Å²) in [6, 6.07) is 6.69. The highest BCUT2D eigenvalue weighted by molar-refractivity contribution is 6.33. The van der Waals surface area contributed by atoms with Gasteiger partial charge in [0.05, 0.1) is 23.2 Å². The maximum atomic E-state index is 11.4. The number of aromatic nitrogens is 1. The monoisotopic (exact) mass is 251 g/mol. The van der Waals surface area contributed by atoms with Crippen molar-refractivity contribution in [1.82, 2.24) is 4.98 Å². The Kier molecular flexibility index (Phi) is 3.12. The van der Waals surface area contributed by atoms with E-state index in [0.29, 0.717) is 21.9 Å². The molecule has 0 amide bonds. The van der Waals surface area contributed by atoms with Crippen molar-refractivity contribution in [2.24, 2.45) is 5.84 Å². The fourth-order valence-corrected chi connectivity index (χ4v) is 1.71. The number of hydrogen-bond donors (Lipinski definition) is 2. The van der Waals surface area contributed by atoms with Crippen molar-refractivity contribution in [1.29, 1.82) is 0 Å². The van der Waals surface area contributed by atoms with Crippen LogP contribution < -0.4 is 11.3 Å². The summed E-state index contributed by atoms with van der Waals surface area (Å²) < 4.78 is 4.64. The minimum atomic E-state index is -0.399. The third-order valence-electron chi connectivity index (χ3n) is 2.33. The number of nitrogens with zero attached hydrogens (tertiary/aromatic N) is 1. The molecule has 6 heteroatoms. The van der Waals surface area contributed by atoms with Crippen molar-refractivity contribution in [3.63, 3.8) is 0 Å². The highest BCUT2D eigenvalue weighted by Gasteiger charge is 2.08. The molecule has 0 saturated carbocycles. The van der Waals surface area contributed by atoms with E-state index in [4.69, 9.17) is 17.4 Å².